The Bertz CT molecular complexity index is 596. The second-order valence-electron chi connectivity index (χ2n) is 5.11. The number of ether oxygens (including phenoxy) is 1. The van der Waals surface area contributed by atoms with Crippen molar-refractivity contribution in [3.8, 4) is 0 Å². The number of furan rings is 1. The predicted molar refractivity (Wildman–Crippen MR) is 76.5 cm³/mol. The fourth-order valence-corrected chi connectivity index (χ4v) is 4.98. The standard InChI is InChI=1S/C13H20ClNO4S/c1-8-11(7-14)13(10(3)19-8)20(16,17)15(4)12-5-6-18-9(12)2/h9,12H,5-7H2,1-4H3. The molecule has 2 rings (SSSR count). The van der Waals surface area contributed by atoms with Crippen molar-refractivity contribution in [3.63, 3.8) is 0 Å². The molecule has 0 spiro atoms. The molecule has 1 aromatic rings. The third kappa shape index (κ3) is 2.50. The summed E-state index contributed by atoms with van der Waals surface area (Å²) in [6.07, 6.45) is 0.589. The number of aryl methyl sites for hydroxylation is 2. The number of halogens is 1. The minimum atomic E-state index is -3.63. The van der Waals surface area contributed by atoms with Gasteiger partial charge in [0.05, 0.1) is 18.0 Å². The van der Waals surface area contributed by atoms with Gasteiger partial charge >= 0.3 is 0 Å². The number of nitrogens with zero attached hydrogens (tertiary/aromatic N) is 1. The smallest absolute Gasteiger partial charge is 0.246 e. The lowest BCUT2D eigenvalue weighted by atomic mass is 10.2. The first-order valence-corrected chi connectivity index (χ1v) is 8.52. The molecule has 1 aliphatic rings. The van der Waals surface area contributed by atoms with Crippen molar-refractivity contribution in [2.24, 2.45) is 0 Å². The molecule has 2 heterocycles. The monoisotopic (exact) mass is 321 g/mol. The summed E-state index contributed by atoms with van der Waals surface area (Å²) < 4.78 is 37.9. The van der Waals surface area contributed by atoms with Crippen LogP contribution in [0.1, 0.15) is 30.4 Å². The van der Waals surface area contributed by atoms with Crippen LogP contribution in [0.2, 0.25) is 0 Å². The van der Waals surface area contributed by atoms with Gasteiger partial charge in [-0.15, -0.1) is 11.6 Å². The number of hydrogen-bond donors (Lipinski definition) is 0. The van der Waals surface area contributed by atoms with Crippen LogP contribution >= 0.6 is 11.6 Å². The fraction of sp³-hybridized carbons (Fsp3) is 0.692. The molecule has 0 amide bonds. The second-order valence-corrected chi connectivity index (χ2v) is 7.31. The van der Waals surface area contributed by atoms with E-state index < -0.39 is 10.0 Å². The fourth-order valence-electron chi connectivity index (χ4n) is 2.72. The van der Waals surface area contributed by atoms with E-state index in [2.05, 4.69) is 0 Å². The molecule has 0 aliphatic carbocycles. The van der Waals surface area contributed by atoms with Gasteiger partial charge in [-0.3, -0.25) is 0 Å². The van der Waals surface area contributed by atoms with Gasteiger partial charge in [0, 0.05) is 19.2 Å². The first-order chi connectivity index (χ1) is 9.30. The van der Waals surface area contributed by atoms with Gasteiger partial charge in [0.25, 0.3) is 0 Å². The molecule has 2 unspecified atom stereocenters. The van der Waals surface area contributed by atoms with E-state index in [-0.39, 0.29) is 22.9 Å². The Morgan fingerprint density at radius 3 is 2.50 bits per heavy atom. The summed E-state index contributed by atoms with van der Waals surface area (Å²) in [4.78, 5) is 0.201. The lowest BCUT2D eigenvalue weighted by Crippen LogP contribution is -2.41. The van der Waals surface area contributed by atoms with Gasteiger partial charge in [-0.25, -0.2) is 8.42 Å². The highest BCUT2D eigenvalue weighted by Crippen LogP contribution is 2.32. The highest BCUT2D eigenvalue weighted by atomic mass is 35.5. The molecule has 114 valence electrons. The summed E-state index contributed by atoms with van der Waals surface area (Å²) in [5.41, 5.74) is 0.544. The van der Waals surface area contributed by atoms with Crippen LogP contribution in [-0.4, -0.2) is 38.5 Å². The van der Waals surface area contributed by atoms with Gasteiger partial charge < -0.3 is 9.15 Å². The van der Waals surface area contributed by atoms with Crippen LogP contribution in [-0.2, 0) is 20.6 Å². The van der Waals surface area contributed by atoms with E-state index in [0.29, 0.717) is 30.1 Å². The SMILES string of the molecule is Cc1oc(C)c(S(=O)(=O)N(C)C2CCOC2C)c1CCl. The lowest BCUT2D eigenvalue weighted by molar-refractivity contribution is 0.102. The van der Waals surface area contributed by atoms with Gasteiger partial charge in [0.2, 0.25) is 10.0 Å². The summed E-state index contributed by atoms with van der Waals surface area (Å²) in [5.74, 6) is 1.05. The van der Waals surface area contributed by atoms with Gasteiger partial charge in [-0.2, -0.15) is 4.31 Å². The minimum absolute atomic E-state index is 0.109. The van der Waals surface area contributed by atoms with Crippen molar-refractivity contribution in [2.45, 2.75) is 50.1 Å². The molecule has 0 saturated carbocycles. The molecule has 0 aromatic carbocycles. The van der Waals surface area contributed by atoms with Crippen LogP contribution in [0.15, 0.2) is 9.31 Å². The van der Waals surface area contributed by atoms with Crippen molar-refractivity contribution in [1.29, 1.82) is 0 Å². The van der Waals surface area contributed by atoms with Gasteiger partial charge in [-0.1, -0.05) is 0 Å². The number of hydrogen-bond acceptors (Lipinski definition) is 4. The summed E-state index contributed by atoms with van der Waals surface area (Å²) in [6.45, 7) is 5.85. The molecular weight excluding hydrogens is 302 g/mol. The zero-order valence-corrected chi connectivity index (χ0v) is 13.7. The Morgan fingerprint density at radius 2 is 2.00 bits per heavy atom. The maximum atomic E-state index is 12.8. The molecule has 5 nitrogen and oxygen atoms in total. The Morgan fingerprint density at radius 1 is 1.35 bits per heavy atom. The first kappa shape index (κ1) is 15.8. The zero-order chi connectivity index (χ0) is 15.1. The summed E-state index contributed by atoms with van der Waals surface area (Å²) in [6, 6.07) is -0.155. The molecule has 20 heavy (non-hydrogen) atoms. The topological polar surface area (TPSA) is 59.8 Å². The van der Waals surface area contributed by atoms with Crippen LogP contribution < -0.4 is 0 Å². The van der Waals surface area contributed by atoms with Crippen molar-refractivity contribution in [2.75, 3.05) is 13.7 Å². The van der Waals surface area contributed by atoms with E-state index in [9.17, 15) is 8.42 Å². The molecular formula is C13H20ClNO4S. The third-order valence-electron chi connectivity index (χ3n) is 3.90. The Kier molecular flexibility index (Phi) is 4.49. The van der Waals surface area contributed by atoms with E-state index in [0.717, 1.165) is 0 Å². The summed E-state index contributed by atoms with van der Waals surface area (Å²) in [5, 5.41) is 0. The van der Waals surface area contributed by atoms with Crippen molar-refractivity contribution in [1.82, 2.24) is 4.31 Å². The largest absolute Gasteiger partial charge is 0.465 e. The Hall–Kier alpha value is -0.560. The first-order valence-electron chi connectivity index (χ1n) is 6.55. The third-order valence-corrected chi connectivity index (χ3v) is 6.25. The molecule has 7 heteroatoms. The minimum Gasteiger partial charge on any atom is -0.465 e. The molecule has 1 aliphatic heterocycles. The summed E-state index contributed by atoms with van der Waals surface area (Å²) in [7, 11) is -2.04. The van der Waals surface area contributed by atoms with Crippen molar-refractivity contribution in [3.05, 3.63) is 17.1 Å². The Labute approximate surface area is 124 Å². The van der Waals surface area contributed by atoms with Crippen LogP contribution in [0.3, 0.4) is 0 Å². The number of rotatable bonds is 4. The number of likely N-dealkylation sites (N-methyl/N-ethyl adjacent to an activating group) is 1. The molecule has 1 aromatic heterocycles. The molecule has 0 N–H and O–H groups in total. The average molecular weight is 322 g/mol. The van der Waals surface area contributed by atoms with Gasteiger partial charge in [-0.05, 0) is 27.2 Å². The second kappa shape index (κ2) is 5.67. The predicted octanol–water partition coefficient (Wildman–Crippen LogP) is 2.43. The highest BCUT2D eigenvalue weighted by molar-refractivity contribution is 7.89. The van der Waals surface area contributed by atoms with E-state index in [1.165, 1.54) is 4.31 Å². The lowest BCUT2D eigenvalue weighted by Gasteiger charge is -2.26. The van der Waals surface area contributed by atoms with Crippen LogP contribution in [0, 0.1) is 13.8 Å². The molecule has 0 radical (unpaired) electrons. The number of alkyl halides is 1. The maximum Gasteiger partial charge on any atom is 0.246 e. The normalized spacial score (nSPS) is 23.7. The van der Waals surface area contributed by atoms with Gasteiger partial charge in [0.15, 0.2) is 0 Å². The molecule has 1 saturated heterocycles. The quantitative estimate of drug-likeness (QED) is 0.799. The van der Waals surface area contributed by atoms with E-state index in [1.54, 1.807) is 20.9 Å². The summed E-state index contributed by atoms with van der Waals surface area (Å²) >= 11 is 5.88. The maximum absolute atomic E-state index is 12.8. The van der Waals surface area contributed by atoms with E-state index >= 15 is 0 Å². The molecule has 0 bridgehead atoms. The van der Waals surface area contributed by atoms with Crippen LogP contribution in [0.4, 0.5) is 0 Å². The number of sulfonamides is 1. The average Bonchev–Trinajstić information content (AvgIpc) is 2.91. The highest BCUT2D eigenvalue weighted by Gasteiger charge is 2.38. The van der Waals surface area contributed by atoms with Crippen molar-refractivity contribution >= 4 is 21.6 Å². The molecule has 1 fully saturated rings. The van der Waals surface area contributed by atoms with Crippen molar-refractivity contribution < 1.29 is 17.6 Å². The molecule has 2 atom stereocenters. The zero-order valence-electron chi connectivity index (χ0n) is 12.1. The van der Waals surface area contributed by atoms with Crippen LogP contribution in [0.5, 0.6) is 0 Å². The van der Waals surface area contributed by atoms with Gasteiger partial charge in [0.1, 0.15) is 16.4 Å². The van der Waals surface area contributed by atoms with Crippen LogP contribution in [0.25, 0.3) is 0 Å². The van der Waals surface area contributed by atoms with E-state index in [1.807, 2.05) is 6.92 Å². The van der Waals surface area contributed by atoms with E-state index in [4.69, 9.17) is 20.8 Å². The Balaban J connectivity index is 2.45.